The van der Waals surface area contributed by atoms with Crippen molar-refractivity contribution in [1.82, 2.24) is 0 Å². The third-order valence-corrected chi connectivity index (χ3v) is 14.5. The van der Waals surface area contributed by atoms with Crippen molar-refractivity contribution in [1.29, 1.82) is 0 Å². The number of fused-ring (bicyclic) bond motifs is 2. The Balaban J connectivity index is 1.45. The summed E-state index contributed by atoms with van der Waals surface area (Å²) in [6.45, 7) is 16.7. The zero-order valence-electron chi connectivity index (χ0n) is 31.8. The van der Waals surface area contributed by atoms with Gasteiger partial charge in [-0.3, -0.25) is 28.8 Å². The molecule has 12 atom stereocenters. The quantitative estimate of drug-likeness (QED) is 0.119. The van der Waals surface area contributed by atoms with Crippen LogP contribution in [0.4, 0.5) is 0 Å². The third-order valence-electron chi connectivity index (χ3n) is 14.5. The number of ketones is 3. The molecule has 0 radical (unpaired) electrons. The fourth-order valence-corrected chi connectivity index (χ4v) is 11.7. The first-order chi connectivity index (χ1) is 24.2. The number of carbonyl (C=O) groups excluding carboxylic acids is 6. The maximum atomic E-state index is 14.4. The van der Waals surface area contributed by atoms with E-state index in [2.05, 4.69) is 33.4 Å². The van der Waals surface area contributed by atoms with E-state index in [-0.39, 0.29) is 64.7 Å². The lowest BCUT2D eigenvalue weighted by molar-refractivity contribution is -0.168. The van der Waals surface area contributed by atoms with Gasteiger partial charge >= 0.3 is 23.9 Å². The molecule has 4 saturated carbocycles. The maximum Gasteiger partial charge on any atom is 0.307 e. The lowest BCUT2D eigenvalue weighted by atomic mass is 9.43. The van der Waals surface area contributed by atoms with Crippen LogP contribution in [0.15, 0.2) is 24.3 Å². The predicted octanol–water partition coefficient (Wildman–Crippen LogP) is 6.01. The highest BCUT2D eigenvalue weighted by Crippen LogP contribution is 2.87. The molecule has 52 heavy (non-hydrogen) atoms. The summed E-state index contributed by atoms with van der Waals surface area (Å²) < 4.78 is 17.3. The van der Waals surface area contributed by atoms with Gasteiger partial charge in [0, 0.05) is 37.0 Å². The molecule has 0 aliphatic heterocycles. The highest BCUT2D eigenvalue weighted by molar-refractivity contribution is 6.00. The number of aliphatic carboxylic acids is 1. The molecule has 0 bridgehead atoms. The lowest BCUT2D eigenvalue weighted by Crippen LogP contribution is -2.56. The summed E-state index contributed by atoms with van der Waals surface area (Å²) in [4.78, 5) is 87.8. The zero-order valence-corrected chi connectivity index (χ0v) is 31.8. The van der Waals surface area contributed by atoms with Gasteiger partial charge in [-0.05, 0) is 90.6 Å². The molecule has 5 rings (SSSR count). The van der Waals surface area contributed by atoms with Gasteiger partial charge in [0.15, 0.2) is 17.7 Å². The third kappa shape index (κ3) is 6.59. The van der Waals surface area contributed by atoms with Gasteiger partial charge in [-0.25, -0.2) is 0 Å². The van der Waals surface area contributed by atoms with E-state index in [1.54, 1.807) is 13.0 Å². The molecule has 2 spiro atoms. The number of allylic oxidation sites excluding steroid dienone is 2. The number of carboxylic acids is 1. The minimum Gasteiger partial charge on any atom is -0.481 e. The summed E-state index contributed by atoms with van der Waals surface area (Å²) >= 11 is 0. The lowest BCUT2D eigenvalue weighted by Gasteiger charge is -2.61. The van der Waals surface area contributed by atoms with Crippen molar-refractivity contribution >= 4 is 41.2 Å². The standard InChI is InChI=1S/C41H56O11/c1-22(20-50-33(47)13-9-23(2)42)24(3)36(49)37(52-34(48)14-12-32(45)46)26(5)35-30(51-27(6)43)19-39(8)31-11-10-28-25(4)29(44)15-16-40(28)21-41(31,40)18-17-38(35,39)7/h15-16,22,25-26,28,30-31,35,37H,3,9-14,17-21H2,1-2,4-8H3,(H,45,46)/t22-,25-,26-,28-,30-,31-,35-,37+,38+,39-,40+,41-/m0/s1. The number of hydrogen-bond donors (Lipinski definition) is 1. The van der Waals surface area contributed by atoms with Crippen molar-refractivity contribution in [3.05, 3.63) is 24.3 Å². The Bertz CT molecular complexity index is 1580. The summed E-state index contributed by atoms with van der Waals surface area (Å²) in [6, 6.07) is 0. The summed E-state index contributed by atoms with van der Waals surface area (Å²) in [5.41, 5.74) is -0.652. The Labute approximate surface area is 306 Å². The van der Waals surface area contributed by atoms with E-state index in [4.69, 9.17) is 14.2 Å². The van der Waals surface area contributed by atoms with E-state index in [1.807, 2.05) is 6.92 Å². The van der Waals surface area contributed by atoms with Crippen molar-refractivity contribution in [3.63, 3.8) is 0 Å². The number of carbonyl (C=O) groups is 7. The molecule has 0 aromatic heterocycles. The molecule has 286 valence electrons. The molecule has 1 N–H and O–H groups in total. The molecule has 0 amide bonds. The molecule has 11 heteroatoms. The normalized spacial score (nSPS) is 37.1. The van der Waals surface area contributed by atoms with Crippen LogP contribution in [0.25, 0.3) is 0 Å². The van der Waals surface area contributed by atoms with Crippen molar-refractivity contribution in [3.8, 4) is 0 Å². The number of esters is 3. The van der Waals surface area contributed by atoms with Crippen molar-refractivity contribution in [2.75, 3.05) is 6.61 Å². The molecule has 0 saturated heterocycles. The van der Waals surface area contributed by atoms with Crippen LogP contribution in [0.3, 0.4) is 0 Å². The van der Waals surface area contributed by atoms with Crippen LogP contribution in [0.2, 0.25) is 0 Å². The van der Waals surface area contributed by atoms with Crippen LogP contribution >= 0.6 is 0 Å². The van der Waals surface area contributed by atoms with E-state index in [0.717, 1.165) is 32.1 Å². The van der Waals surface area contributed by atoms with E-state index in [1.165, 1.54) is 13.8 Å². The minimum atomic E-state index is -1.36. The minimum absolute atomic E-state index is 0.0151. The number of carboxylic acid groups (broad SMARTS) is 1. The van der Waals surface area contributed by atoms with Crippen molar-refractivity contribution < 1.29 is 52.9 Å². The van der Waals surface area contributed by atoms with E-state index in [9.17, 15) is 38.7 Å². The van der Waals surface area contributed by atoms with Crippen LogP contribution < -0.4 is 0 Å². The fourth-order valence-electron chi connectivity index (χ4n) is 11.7. The molecule has 0 heterocycles. The maximum absolute atomic E-state index is 14.4. The van der Waals surface area contributed by atoms with Crippen molar-refractivity contribution in [2.24, 2.45) is 57.2 Å². The van der Waals surface area contributed by atoms with E-state index in [0.29, 0.717) is 12.3 Å². The number of ether oxygens (including phenoxy) is 3. The van der Waals surface area contributed by atoms with E-state index < -0.39 is 77.9 Å². The second-order valence-corrected chi connectivity index (χ2v) is 17.2. The molecule has 5 aliphatic carbocycles. The highest BCUT2D eigenvalue weighted by atomic mass is 16.6. The van der Waals surface area contributed by atoms with Crippen LogP contribution in [-0.2, 0) is 47.8 Å². The molecule has 11 nitrogen and oxygen atoms in total. The van der Waals surface area contributed by atoms with Gasteiger partial charge in [0.25, 0.3) is 0 Å². The van der Waals surface area contributed by atoms with Gasteiger partial charge in [0.2, 0.25) is 0 Å². The topological polar surface area (TPSA) is 167 Å². The predicted molar refractivity (Wildman–Crippen MR) is 188 cm³/mol. The van der Waals surface area contributed by atoms with Crippen LogP contribution in [0.5, 0.6) is 0 Å². The van der Waals surface area contributed by atoms with E-state index >= 15 is 0 Å². The Hall–Kier alpha value is -3.63. The number of rotatable bonds is 15. The average Bonchev–Trinajstić information content (AvgIpc) is 3.68. The Morgan fingerprint density at radius 3 is 2.27 bits per heavy atom. The second kappa shape index (κ2) is 14.3. The first-order valence-corrected chi connectivity index (χ1v) is 18.9. The molecule has 0 aromatic carbocycles. The van der Waals surface area contributed by atoms with Gasteiger partial charge in [-0.1, -0.05) is 47.3 Å². The summed E-state index contributed by atoms with van der Waals surface area (Å²) in [5, 5.41) is 9.23. The fraction of sp³-hybridized carbons (Fsp3) is 0.732. The zero-order chi connectivity index (χ0) is 38.6. The molecule has 0 aromatic rings. The molecule has 0 unspecified atom stereocenters. The highest BCUT2D eigenvalue weighted by Gasteiger charge is 2.81. The Kier molecular flexibility index (Phi) is 10.9. The Morgan fingerprint density at radius 2 is 1.63 bits per heavy atom. The number of Topliss-reactive ketones (excluding diaryl/α,β-unsaturated/α-hetero) is 2. The Morgan fingerprint density at radius 1 is 0.962 bits per heavy atom. The second-order valence-electron chi connectivity index (χ2n) is 17.2. The SMILES string of the molecule is C=C(C(=O)[C@H](OC(=O)CCC(=O)O)[C@@H](C)[C@H]1[C@@H](OC(C)=O)C[C@@]2(C)[C@@H]3CC[C@H]4[C@H](C)C(=O)C=C[C@@]45C[C@@]35CC[C@]12C)[C@@H](C)COC(=O)CCC(C)=O. The monoisotopic (exact) mass is 724 g/mol. The van der Waals surface area contributed by atoms with Gasteiger partial charge in [0.05, 0.1) is 25.9 Å². The summed E-state index contributed by atoms with van der Waals surface area (Å²) in [6.07, 6.45) is 6.33. The van der Waals surface area contributed by atoms with Crippen LogP contribution in [0, 0.1) is 57.2 Å². The van der Waals surface area contributed by atoms with Gasteiger partial charge in [-0.2, -0.15) is 0 Å². The molecular weight excluding hydrogens is 668 g/mol. The summed E-state index contributed by atoms with van der Waals surface area (Å²) in [7, 11) is 0. The average molecular weight is 725 g/mol. The number of hydrogen-bond acceptors (Lipinski definition) is 10. The molecule has 4 fully saturated rings. The molecular formula is C41H56O11. The summed E-state index contributed by atoms with van der Waals surface area (Å²) in [5.74, 6) is -4.69. The van der Waals surface area contributed by atoms with Crippen LogP contribution in [0.1, 0.15) is 113 Å². The van der Waals surface area contributed by atoms with Gasteiger partial charge in [0.1, 0.15) is 11.9 Å². The van der Waals surface area contributed by atoms with Gasteiger partial charge in [-0.15, -0.1) is 0 Å². The van der Waals surface area contributed by atoms with Gasteiger partial charge < -0.3 is 24.1 Å². The first kappa shape index (κ1) is 39.6. The van der Waals surface area contributed by atoms with Crippen molar-refractivity contribution in [2.45, 2.75) is 125 Å². The first-order valence-electron chi connectivity index (χ1n) is 18.9. The largest absolute Gasteiger partial charge is 0.481 e. The smallest absolute Gasteiger partial charge is 0.307 e. The van der Waals surface area contributed by atoms with Crippen LogP contribution in [-0.4, -0.2) is 65.1 Å². The molecule has 5 aliphatic rings.